The molecule has 0 bridgehead atoms. The Kier molecular flexibility index (Phi) is 4.76. The smallest absolute Gasteiger partial charge is 0.119 e. The number of benzene rings is 1. The number of aliphatic hydroxyl groups is 1. The summed E-state index contributed by atoms with van der Waals surface area (Å²) in [6.07, 6.45) is 0. The quantitative estimate of drug-likeness (QED) is 0.825. The summed E-state index contributed by atoms with van der Waals surface area (Å²) in [5.41, 5.74) is 2.30. The maximum atomic E-state index is 9.69. The minimum atomic E-state index is -1.46. The lowest BCUT2D eigenvalue weighted by Gasteiger charge is -2.28. The van der Waals surface area contributed by atoms with Crippen LogP contribution in [-0.2, 0) is 0 Å². The molecule has 0 fully saturated rings. The second-order valence-corrected chi connectivity index (χ2v) is 10.9. The van der Waals surface area contributed by atoms with E-state index in [0.717, 1.165) is 16.9 Å². The van der Waals surface area contributed by atoms with Crippen molar-refractivity contribution in [2.45, 2.75) is 32.5 Å². The molecule has 100 valence electrons. The van der Waals surface area contributed by atoms with Gasteiger partial charge in [0.05, 0.1) is 21.8 Å². The third-order valence-corrected chi connectivity index (χ3v) is 5.69. The van der Waals surface area contributed by atoms with Crippen molar-refractivity contribution in [3.63, 3.8) is 0 Å². The minimum absolute atomic E-state index is 0.0440. The maximum Gasteiger partial charge on any atom is 0.119 e. The summed E-state index contributed by atoms with van der Waals surface area (Å²) < 4.78 is 5.21. The molecular formula is C15H24O2Si. The fourth-order valence-corrected chi connectivity index (χ4v) is 3.38. The van der Waals surface area contributed by atoms with Gasteiger partial charge in [-0.15, -0.1) is 6.58 Å². The zero-order valence-corrected chi connectivity index (χ0v) is 13.1. The van der Waals surface area contributed by atoms with E-state index in [1.807, 2.05) is 18.2 Å². The van der Waals surface area contributed by atoms with E-state index in [4.69, 9.17) is 4.74 Å². The first kappa shape index (κ1) is 15.0. The van der Waals surface area contributed by atoms with Gasteiger partial charge in [0.15, 0.2) is 0 Å². The Bertz CT molecular complexity index is 433. The van der Waals surface area contributed by atoms with Crippen LogP contribution in [0.3, 0.4) is 0 Å². The Balaban J connectivity index is 3.14. The van der Waals surface area contributed by atoms with Gasteiger partial charge in [0.25, 0.3) is 0 Å². The highest BCUT2D eigenvalue weighted by Gasteiger charge is 2.26. The normalized spacial score (nSPS) is 13.2. The standard InChI is InChI=1S/C15H24O2Si/c1-11-9-13(17-3)7-8-14(11)15(10-16)12(2)18(4,5)6/h7-9,15-16H,2,10H2,1,3-6H3/t15-/m0/s1. The van der Waals surface area contributed by atoms with Crippen LogP contribution >= 0.6 is 0 Å². The monoisotopic (exact) mass is 264 g/mol. The van der Waals surface area contributed by atoms with Gasteiger partial charge in [0.2, 0.25) is 0 Å². The second-order valence-electron chi connectivity index (χ2n) is 5.73. The topological polar surface area (TPSA) is 29.5 Å². The van der Waals surface area contributed by atoms with Crippen molar-refractivity contribution in [1.29, 1.82) is 0 Å². The molecule has 1 atom stereocenters. The predicted octanol–water partition coefficient (Wildman–Crippen LogP) is 3.51. The summed E-state index contributed by atoms with van der Waals surface area (Å²) in [5.74, 6) is 0.897. The number of rotatable bonds is 5. The van der Waals surface area contributed by atoms with E-state index in [1.165, 1.54) is 5.20 Å². The highest BCUT2D eigenvalue weighted by atomic mass is 28.3. The summed E-state index contributed by atoms with van der Waals surface area (Å²) in [6, 6.07) is 6.00. The molecule has 3 heteroatoms. The maximum absolute atomic E-state index is 9.69. The zero-order valence-electron chi connectivity index (χ0n) is 12.1. The van der Waals surface area contributed by atoms with E-state index in [2.05, 4.69) is 33.1 Å². The van der Waals surface area contributed by atoms with Crippen LogP contribution in [0.4, 0.5) is 0 Å². The third-order valence-electron chi connectivity index (χ3n) is 3.42. The van der Waals surface area contributed by atoms with Crippen molar-refractivity contribution >= 4 is 8.07 Å². The first-order valence-electron chi connectivity index (χ1n) is 6.26. The summed E-state index contributed by atoms with van der Waals surface area (Å²) >= 11 is 0. The van der Waals surface area contributed by atoms with Crippen molar-refractivity contribution in [1.82, 2.24) is 0 Å². The van der Waals surface area contributed by atoms with Crippen LogP contribution in [0.15, 0.2) is 30.0 Å². The summed E-state index contributed by atoms with van der Waals surface area (Å²) in [5, 5.41) is 10.9. The van der Waals surface area contributed by atoms with Gasteiger partial charge in [-0.2, -0.15) is 0 Å². The van der Waals surface area contributed by atoms with E-state index in [9.17, 15) is 5.11 Å². The highest BCUT2D eigenvalue weighted by molar-refractivity contribution is 6.83. The Labute approximate surface area is 111 Å². The van der Waals surface area contributed by atoms with E-state index >= 15 is 0 Å². The first-order chi connectivity index (χ1) is 8.31. The number of ether oxygens (including phenoxy) is 1. The fourth-order valence-electron chi connectivity index (χ4n) is 2.09. The summed E-state index contributed by atoms with van der Waals surface area (Å²) in [4.78, 5) is 0. The van der Waals surface area contributed by atoms with Gasteiger partial charge in [-0.25, -0.2) is 0 Å². The molecule has 0 saturated heterocycles. The van der Waals surface area contributed by atoms with Crippen LogP contribution in [0.1, 0.15) is 17.0 Å². The summed E-state index contributed by atoms with van der Waals surface area (Å²) in [6.45, 7) is 13.2. The molecule has 0 spiro atoms. The molecule has 0 saturated carbocycles. The lowest BCUT2D eigenvalue weighted by Crippen LogP contribution is -2.29. The van der Waals surface area contributed by atoms with Crippen molar-refractivity contribution in [2.75, 3.05) is 13.7 Å². The van der Waals surface area contributed by atoms with Gasteiger partial charge in [-0.1, -0.05) is 30.9 Å². The van der Waals surface area contributed by atoms with Crippen LogP contribution in [0, 0.1) is 6.92 Å². The number of aliphatic hydroxyl groups excluding tert-OH is 1. The average molecular weight is 264 g/mol. The molecule has 0 aliphatic carbocycles. The van der Waals surface area contributed by atoms with Gasteiger partial charge in [-0.05, 0) is 30.2 Å². The molecule has 0 heterocycles. The zero-order chi connectivity index (χ0) is 13.9. The number of methoxy groups -OCH3 is 1. The molecule has 1 aromatic carbocycles. The average Bonchev–Trinajstić information content (AvgIpc) is 2.30. The molecule has 1 aromatic rings. The SMILES string of the molecule is C=C([C@H](CO)c1ccc(OC)cc1C)[Si](C)(C)C. The van der Waals surface area contributed by atoms with Crippen LogP contribution in [0.25, 0.3) is 0 Å². The van der Waals surface area contributed by atoms with Crippen molar-refractivity contribution < 1.29 is 9.84 Å². The minimum Gasteiger partial charge on any atom is -0.497 e. The van der Waals surface area contributed by atoms with E-state index in [0.29, 0.717) is 0 Å². The molecule has 2 nitrogen and oxygen atoms in total. The van der Waals surface area contributed by atoms with Crippen LogP contribution in [0.2, 0.25) is 19.6 Å². The van der Waals surface area contributed by atoms with Gasteiger partial charge in [0, 0.05) is 5.92 Å². The molecule has 0 aliphatic heterocycles. The van der Waals surface area contributed by atoms with E-state index in [-0.39, 0.29) is 12.5 Å². The number of hydrogen-bond donors (Lipinski definition) is 1. The lowest BCUT2D eigenvalue weighted by atomic mass is 9.95. The number of aryl methyl sites for hydroxylation is 1. The molecule has 1 rings (SSSR count). The molecule has 0 amide bonds. The van der Waals surface area contributed by atoms with Crippen molar-refractivity contribution in [3.8, 4) is 5.75 Å². The Morgan fingerprint density at radius 1 is 1.39 bits per heavy atom. The molecule has 1 N–H and O–H groups in total. The number of hydrogen-bond acceptors (Lipinski definition) is 2. The largest absolute Gasteiger partial charge is 0.497 e. The third kappa shape index (κ3) is 3.24. The molecule has 18 heavy (non-hydrogen) atoms. The molecular weight excluding hydrogens is 240 g/mol. The van der Waals surface area contributed by atoms with Gasteiger partial charge in [0.1, 0.15) is 5.75 Å². The Morgan fingerprint density at radius 3 is 2.39 bits per heavy atom. The van der Waals surface area contributed by atoms with Gasteiger partial charge < -0.3 is 9.84 Å². The Morgan fingerprint density at radius 2 is 2.00 bits per heavy atom. The van der Waals surface area contributed by atoms with Gasteiger partial charge >= 0.3 is 0 Å². The molecule has 0 aromatic heterocycles. The van der Waals surface area contributed by atoms with Crippen molar-refractivity contribution in [3.05, 3.63) is 41.1 Å². The molecule has 0 radical (unpaired) electrons. The van der Waals surface area contributed by atoms with Gasteiger partial charge in [-0.3, -0.25) is 0 Å². The second kappa shape index (κ2) is 5.72. The van der Waals surface area contributed by atoms with Crippen molar-refractivity contribution in [2.24, 2.45) is 0 Å². The Hall–Kier alpha value is -1.06. The van der Waals surface area contributed by atoms with E-state index < -0.39 is 8.07 Å². The summed E-state index contributed by atoms with van der Waals surface area (Å²) in [7, 11) is 0.208. The molecule has 0 aliphatic rings. The first-order valence-corrected chi connectivity index (χ1v) is 9.76. The van der Waals surface area contributed by atoms with Crippen LogP contribution < -0.4 is 4.74 Å². The van der Waals surface area contributed by atoms with Crippen LogP contribution in [0.5, 0.6) is 5.75 Å². The highest BCUT2D eigenvalue weighted by Crippen LogP contribution is 2.32. The molecule has 0 unspecified atom stereocenters. The van der Waals surface area contributed by atoms with Crippen LogP contribution in [-0.4, -0.2) is 26.9 Å². The fraction of sp³-hybridized carbons (Fsp3) is 0.467. The predicted molar refractivity (Wildman–Crippen MR) is 80.0 cm³/mol. The lowest BCUT2D eigenvalue weighted by molar-refractivity contribution is 0.281. The van der Waals surface area contributed by atoms with E-state index in [1.54, 1.807) is 7.11 Å².